The van der Waals surface area contributed by atoms with Crippen molar-refractivity contribution in [3.63, 3.8) is 0 Å². The van der Waals surface area contributed by atoms with Gasteiger partial charge in [-0.1, -0.05) is 61.6 Å². The van der Waals surface area contributed by atoms with E-state index in [1.165, 1.54) is 48.8 Å². The summed E-state index contributed by atoms with van der Waals surface area (Å²) < 4.78 is 0. The van der Waals surface area contributed by atoms with Gasteiger partial charge in [0, 0.05) is 31.6 Å². The molecule has 2 nitrogen and oxygen atoms in total. The van der Waals surface area contributed by atoms with Gasteiger partial charge in [-0.25, -0.2) is 0 Å². The van der Waals surface area contributed by atoms with Crippen molar-refractivity contribution in [3.05, 3.63) is 70.8 Å². The molecule has 0 saturated heterocycles. The Kier molecular flexibility index (Phi) is 10.6. The van der Waals surface area contributed by atoms with E-state index in [9.17, 15) is 0 Å². The molecule has 146 valence electrons. The first-order chi connectivity index (χ1) is 13.8. The van der Waals surface area contributed by atoms with Crippen LogP contribution in [0.25, 0.3) is 0 Å². The fourth-order valence-electron chi connectivity index (χ4n) is 3.09. The van der Waals surface area contributed by atoms with Gasteiger partial charge in [-0.05, 0) is 48.2 Å². The van der Waals surface area contributed by atoms with E-state index in [0.29, 0.717) is 0 Å². The summed E-state index contributed by atoms with van der Waals surface area (Å²) in [7, 11) is 0. The van der Waals surface area contributed by atoms with Crippen LogP contribution in [-0.2, 0) is 19.6 Å². The molecule has 0 aliphatic heterocycles. The zero-order valence-corrected chi connectivity index (χ0v) is 16.8. The lowest BCUT2D eigenvalue weighted by Gasteiger charge is -2.08. The van der Waals surface area contributed by atoms with Gasteiger partial charge in [0.05, 0.1) is 0 Å². The number of hydrogen-bond acceptors (Lipinski definition) is 2. The van der Waals surface area contributed by atoms with Crippen molar-refractivity contribution in [3.8, 4) is 24.7 Å². The van der Waals surface area contributed by atoms with Crippen molar-refractivity contribution in [1.29, 1.82) is 0 Å². The van der Waals surface area contributed by atoms with Crippen molar-refractivity contribution in [2.24, 2.45) is 0 Å². The molecule has 0 spiro atoms. The summed E-state index contributed by atoms with van der Waals surface area (Å²) in [4.78, 5) is 0. The summed E-state index contributed by atoms with van der Waals surface area (Å²) in [5.74, 6) is 5.34. The van der Waals surface area contributed by atoms with Gasteiger partial charge < -0.3 is 10.6 Å². The minimum Gasteiger partial charge on any atom is -0.313 e. The molecular weight excluding hydrogens is 340 g/mol. The van der Waals surface area contributed by atoms with Gasteiger partial charge in [-0.3, -0.25) is 0 Å². The van der Waals surface area contributed by atoms with Crippen LogP contribution in [0.3, 0.4) is 0 Å². The first-order valence-electron chi connectivity index (χ1n) is 10.3. The summed E-state index contributed by atoms with van der Waals surface area (Å²) in [6, 6.07) is 17.0. The second kappa shape index (κ2) is 13.6. The van der Waals surface area contributed by atoms with Gasteiger partial charge in [0.25, 0.3) is 0 Å². The van der Waals surface area contributed by atoms with Crippen molar-refractivity contribution >= 4 is 0 Å². The van der Waals surface area contributed by atoms with Crippen LogP contribution in [0.1, 0.15) is 60.8 Å². The molecule has 2 heteroatoms. The Morgan fingerprint density at radius 2 is 1.11 bits per heavy atom. The molecule has 2 N–H and O–H groups in total. The molecule has 0 unspecified atom stereocenters. The third-order valence-corrected chi connectivity index (χ3v) is 4.81. The maximum absolute atomic E-state index is 5.38. The molecule has 28 heavy (non-hydrogen) atoms. The average Bonchev–Trinajstić information content (AvgIpc) is 2.74. The molecule has 0 saturated carbocycles. The SMILES string of the molecule is C#CCCCCCCCNCc1ccc(CNCc2ccc(C#C)cc2)cc1. The zero-order valence-electron chi connectivity index (χ0n) is 16.8. The second-order valence-corrected chi connectivity index (χ2v) is 7.16. The second-order valence-electron chi connectivity index (χ2n) is 7.16. The van der Waals surface area contributed by atoms with Gasteiger partial charge in [0.2, 0.25) is 0 Å². The number of hydrogen-bond donors (Lipinski definition) is 2. The molecule has 0 atom stereocenters. The minimum absolute atomic E-state index is 0.844. The van der Waals surface area contributed by atoms with E-state index in [2.05, 4.69) is 58.9 Å². The van der Waals surface area contributed by atoms with Crippen molar-refractivity contribution < 1.29 is 0 Å². The first kappa shape index (κ1) is 21.8. The highest BCUT2D eigenvalue weighted by molar-refractivity contribution is 5.34. The smallest absolute Gasteiger partial charge is 0.0242 e. The third kappa shape index (κ3) is 8.92. The van der Waals surface area contributed by atoms with Gasteiger partial charge in [-0.15, -0.1) is 18.8 Å². The van der Waals surface area contributed by atoms with Crippen molar-refractivity contribution in [1.82, 2.24) is 10.6 Å². The van der Waals surface area contributed by atoms with Gasteiger partial charge in [0.15, 0.2) is 0 Å². The van der Waals surface area contributed by atoms with Crippen molar-refractivity contribution in [2.45, 2.75) is 58.2 Å². The number of nitrogens with one attached hydrogen (secondary N) is 2. The van der Waals surface area contributed by atoms with E-state index >= 15 is 0 Å². The predicted molar refractivity (Wildman–Crippen MR) is 120 cm³/mol. The van der Waals surface area contributed by atoms with Crippen molar-refractivity contribution in [2.75, 3.05) is 6.54 Å². The molecule has 0 aliphatic rings. The molecule has 2 rings (SSSR count). The Bertz CT molecular complexity index is 745. The number of rotatable bonds is 13. The van der Waals surface area contributed by atoms with Crippen LogP contribution in [0.2, 0.25) is 0 Å². The minimum atomic E-state index is 0.844. The van der Waals surface area contributed by atoms with Crippen LogP contribution in [0.4, 0.5) is 0 Å². The average molecular weight is 373 g/mol. The highest BCUT2D eigenvalue weighted by Gasteiger charge is 1.97. The highest BCUT2D eigenvalue weighted by Crippen LogP contribution is 2.07. The molecule has 2 aromatic carbocycles. The Hall–Kier alpha value is -2.52. The van der Waals surface area contributed by atoms with Gasteiger partial charge in [0.1, 0.15) is 0 Å². The quantitative estimate of drug-likeness (QED) is 0.381. The largest absolute Gasteiger partial charge is 0.313 e. The molecule has 2 aromatic rings. The van der Waals surface area contributed by atoms with Crippen LogP contribution < -0.4 is 10.6 Å². The highest BCUT2D eigenvalue weighted by atomic mass is 14.9. The maximum Gasteiger partial charge on any atom is 0.0242 e. The molecule has 0 aromatic heterocycles. The van der Waals surface area contributed by atoms with Crippen LogP contribution in [0.15, 0.2) is 48.5 Å². The van der Waals surface area contributed by atoms with E-state index in [0.717, 1.165) is 38.2 Å². The zero-order chi connectivity index (χ0) is 19.9. The van der Waals surface area contributed by atoms with E-state index in [1.807, 2.05) is 12.1 Å². The number of terminal acetylenes is 2. The summed E-state index contributed by atoms with van der Waals surface area (Å²) in [5.41, 5.74) is 4.81. The van der Waals surface area contributed by atoms with Gasteiger partial charge in [-0.2, -0.15) is 0 Å². The van der Waals surface area contributed by atoms with Crippen LogP contribution in [0, 0.1) is 24.7 Å². The van der Waals surface area contributed by atoms with Crippen LogP contribution in [0.5, 0.6) is 0 Å². The molecule has 0 bridgehead atoms. The van der Waals surface area contributed by atoms with Gasteiger partial charge >= 0.3 is 0 Å². The standard InChI is InChI=1S/C26H32N2/c1-3-5-6-7-8-9-10-19-27-20-24-15-17-26(18-16-24)22-28-21-25-13-11-23(4-2)12-14-25/h1-2,11-18,27-28H,5-10,19-22H2. The lowest BCUT2D eigenvalue weighted by molar-refractivity contribution is 0.578. The lowest BCUT2D eigenvalue weighted by atomic mass is 10.1. The third-order valence-electron chi connectivity index (χ3n) is 4.81. The molecule has 0 amide bonds. The maximum atomic E-state index is 5.38. The number of benzene rings is 2. The molecule has 0 heterocycles. The fraction of sp³-hybridized carbons (Fsp3) is 0.385. The molecule has 0 radical (unpaired) electrons. The Morgan fingerprint density at radius 3 is 1.68 bits per heavy atom. The van der Waals surface area contributed by atoms with Crippen LogP contribution >= 0.6 is 0 Å². The first-order valence-corrected chi connectivity index (χ1v) is 10.3. The Balaban J connectivity index is 1.56. The topological polar surface area (TPSA) is 24.1 Å². The Morgan fingerprint density at radius 1 is 0.607 bits per heavy atom. The molecule has 0 aliphatic carbocycles. The number of unbranched alkanes of at least 4 members (excludes halogenated alkanes) is 5. The summed E-state index contributed by atoms with van der Waals surface area (Å²) in [6.45, 7) is 3.73. The van der Waals surface area contributed by atoms with E-state index in [-0.39, 0.29) is 0 Å². The summed E-state index contributed by atoms with van der Waals surface area (Å²) >= 11 is 0. The normalized spacial score (nSPS) is 10.4. The Labute approximate surface area is 171 Å². The molecular formula is C26H32N2. The van der Waals surface area contributed by atoms with E-state index in [1.54, 1.807) is 0 Å². The lowest BCUT2D eigenvalue weighted by Crippen LogP contribution is -2.15. The molecule has 0 fully saturated rings. The van der Waals surface area contributed by atoms with Crippen LogP contribution in [-0.4, -0.2) is 6.54 Å². The van der Waals surface area contributed by atoms with E-state index in [4.69, 9.17) is 12.8 Å². The predicted octanol–water partition coefficient (Wildman–Crippen LogP) is 5.02. The fourth-order valence-corrected chi connectivity index (χ4v) is 3.09. The monoisotopic (exact) mass is 372 g/mol. The summed E-state index contributed by atoms with van der Waals surface area (Å²) in [6.07, 6.45) is 17.8. The summed E-state index contributed by atoms with van der Waals surface area (Å²) in [5, 5.41) is 7.02. The van der Waals surface area contributed by atoms with E-state index < -0.39 is 0 Å².